The molecule has 1 atom stereocenters. The molecular weight excluding hydrogens is 294 g/mol. The van der Waals surface area contributed by atoms with Gasteiger partial charge in [-0.15, -0.1) is 0 Å². The van der Waals surface area contributed by atoms with Crippen LogP contribution in [-0.4, -0.2) is 35.6 Å². The van der Waals surface area contributed by atoms with Crippen LogP contribution in [0.5, 0.6) is 0 Å². The van der Waals surface area contributed by atoms with Gasteiger partial charge in [-0.3, -0.25) is 4.79 Å². The molecule has 122 valence electrons. The Bertz CT molecular complexity index is 784. The number of esters is 1. The Labute approximate surface area is 134 Å². The van der Waals surface area contributed by atoms with E-state index in [1.54, 1.807) is 18.2 Å². The van der Waals surface area contributed by atoms with Crippen LogP contribution >= 0.6 is 0 Å². The Balaban J connectivity index is 2.08. The third kappa shape index (κ3) is 2.93. The van der Waals surface area contributed by atoms with Gasteiger partial charge in [-0.1, -0.05) is 6.92 Å². The minimum atomic E-state index is -0.411. The first-order valence-electron chi connectivity index (χ1n) is 8.03. The fourth-order valence-corrected chi connectivity index (χ4v) is 3.22. The molecule has 6 nitrogen and oxygen atoms in total. The fraction of sp³-hybridized carbons (Fsp3) is 0.471. The number of nitrogens with one attached hydrogen (secondary N) is 1. The highest BCUT2D eigenvalue weighted by Crippen LogP contribution is 2.24. The summed E-state index contributed by atoms with van der Waals surface area (Å²) in [6.45, 7) is 2.98. The van der Waals surface area contributed by atoms with Crippen LogP contribution in [0.1, 0.15) is 43.0 Å². The van der Waals surface area contributed by atoms with Gasteiger partial charge in [-0.2, -0.15) is 0 Å². The number of piperidine rings is 1. The number of ether oxygens (including phenoxy) is 1. The van der Waals surface area contributed by atoms with Crippen molar-refractivity contribution in [3.8, 4) is 0 Å². The van der Waals surface area contributed by atoms with Crippen molar-refractivity contribution in [3.05, 3.63) is 34.1 Å². The number of carbonyl (C=O) groups is 1. The van der Waals surface area contributed by atoms with E-state index in [4.69, 9.17) is 4.74 Å². The summed E-state index contributed by atoms with van der Waals surface area (Å²) in [6, 6.07) is 5.32. The number of methoxy groups -OCH3 is 1. The maximum Gasteiger partial charge on any atom is 0.337 e. The minimum absolute atomic E-state index is 0.177. The van der Waals surface area contributed by atoms with E-state index < -0.39 is 5.97 Å². The van der Waals surface area contributed by atoms with Crippen LogP contribution in [0.2, 0.25) is 0 Å². The number of benzene rings is 1. The number of nitrogens with zero attached hydrogens (tertiary/aromatic N) is 2. The molecule has 1 aliphatic rings. The number of rotatable bonds is 3. The summed E-state index contributed by atoms with van der Waals surface area (Å²) < 4.78 is 4.74. The number of anilines is 1. The molecule has 6 heteroatoms. The van der Waals surface area contributed by atoms with Gasteiger partial charge in [-0.25, -0.2) is 9.78 Å². The number of hydrogen-bond acceptors (Lipinski definition) is 5. The van der Waals surface area contributed by atoms with Crippen molar-refractivity contribution < 1.29 is 9.53 Å². The Morgan fingerprint density at radius 3 is 3.00 bits per heavy atom. The van der Waals surface area contributed by atoms with Crippen molar-refractivity contribution in [1.29, 1.82) is 0 Å². The second-order valence-corrected chi connectivity index (χ2v) is 5.86. The predicted molar refractivity (Wildman–Crippen MR) is 89.0 cm³/mol. The molecule has 0 aliphatic carbocycles. The lowest BCUT2D eigenvalue weighted by molar-refractivity contribution is 0.0601. The first-order chi connectivity index (χ1) is 11.1. The number of fused-ring (bicyclic) bond motifs is 1. The summed E-state index contributed by atoms with van der Waals surface area (Å²) in [5, 5.41) is 0. The molecule has 2 heterocycles. The van der Waals surface area contributed by atoms with Gasteiger partial charge in [0, 0.05) is 12.6 Å². The Kier molecular flexibility index (Phi) is 4.32. The monoisotopic (exact) mass is 315 g/mol. The smallest absolute Gasteiger partial charge is 0.337 e. The highest BCUT2D eigenvalue weighted by Gasteiger charge is 2.24. The molecule has 1 saturated heterocycles. The van der Waals surface area contributed by atoms with Gasteiger partial charge in [0.1, 0.15) is 0 Å². The maximum atomic E-state index is 12.4. The molecule has 1 aromatic carbocycles. The summed E-state index contributed by atoms with van der Waals surface area (Å²) in [7, 11) is 1.35. The zero-order chi connectivity index (χ0) is 16.4. The van der Waals surface area contributed by atoms with Crippen LogP contribution in [0.4, 0.5) is 5.82 Å². The van der Waals surface area contributed by atoms with Crippen LogP contribution in [0.3, 0.4) is 0 Å². The molecule has 1 aliphatic heterocycles. The van der Waals surface area contributed by atoms with Crippen molar-refractivity contribution in [2.45, 2.75) is 38.6 Å². The van der Waals surface area contributed by atoms with Gasteiger partial charge in [0.2, 0.25) is 0 Å². The molecule has 0 amide bonds. The molecule has 2 aromatic rings. The van der Waals surface area contributed by atoms with Gasteiger partial charge in [0.15, 0.2) is 5.82 Å². The van der Waals surface area contributed by atoms with Crippen molar-refractivity contribution in [1.82, 2.24) is 9.97 Å². The second-order valence-electron chi connectivity index (χ2n) is 5.86. The molecule has 23 heavy (non-hydrogen) atoms. The number of H-pyrrole nitrogens is 1. The molecule has 1 unspecified atom stereocenters. The van der Waals surface area contributed by atoms with Gasteiger partial charge < -0.3 is 14.6 Å². The Morgan fingerprint density at radius 2 is 2.26 bits per heavy atom. The summed E-state index contributed by atoms with van der Waals surface area (Å²) in [4.78, 5) is 33.6. The third-order valence-corrected chi connectivity index (χ3v) is 4.47. The lowest BCUT2D eigenvalue weighted by Crippen LogP contribution is -2.42. The van der Waals surface area contributed by atoms with Crippen LogP contribution in [0, 0.1) is 0 Å². The molecule has 1 aromatic heterocycles. The van der Waals surface area contributed by atoms with E-state index in [9.17, 15) is 9.59 Å². The highest BCUT2D eigenvalue weighted by atomic mass is 16.5. The van der Waals surface area contributed by atoms with Gasteiger partial charge >= 0.3 is 5.97 Å². The van der Waals surface area contributed by atoms with E-state index in [0.29, 0.717) is 28.5 Å². The fourth-order valence-electron chi connectivity index (χ4n) is 3.22. The van der Waals surface area contributed by atoms with Crippen LogP contribution in [-0.2, 0) is 4.74 Å². The van der Waals surface area contributed by atoms with Gasteiger partial charge in [0.05, 0.1) is 23.7 Å². The largest absolute Gasteiger partial charge is 0.465 e. The SMILES string of the molecule is CCC1CCCCN1c1nc2cc(C(=O)OC)ccc2[nH]c1=O. The third-order valence-electron chi connectivity index (χ3n) is 4.47. The molecule has 1 fully saturated rings. The van der Waals surface area contributed by atoms with Crippen molar-refractivity contribution in [3.63, 3.8) is 0 Å². The van der Waals surface area contributed by atoms with Crippen molar-refractivity contribution in [2.75, 3.05) is 18.6 Å². The molecule has 3 rings (SSSR count). The average Bonchev–Trinajstić information content (AvgIpc) is 2.60. The second kappa shape index (κ2) is 6.40. The van der Waals surface area contributed by atoms with E-state index in [1.807, 2.05) is 0 Å². The van der Waals surface area contributed by atoms with Gasteiger partial charge in [-0.05, 0) is 43.9 Å². The summed E-state index contributed by atoms with van der Waals surface area (Å²) >= 11 is 0. The van der Waals surface area contributed by atoms with Crippen LogP contribution in [0.25, 0.3) is 11.0 Å². The zero-order valence-electron chi connectivity index (χ0n) is 13.5. The zero-order valence-corrected chi connectivity index (χ0v) is 13.5. The standard InChI is InChI=1S/C17H21N3O3/c1-3-12-6-4-5-9-20(12)15-16(21)19-13-8-7-11(17(22)23-2)10-14(13)18-15/h7-8,10,12H,3-6,9H2,1-2H3,(H,19,21). The average molecular weight is 315 g/mol. The molecule has 0 spiro atoms. The van der Waals surface area contributed by atoms with E-state index in [-0.39, 0.29) is 5.56 Å². The van der Waals surface area contributed by atoms with E-state index in [0.717, 1.165) is 25.8 Å². The molecule has 1 N–H and O–H groups in total. The van der Waals surface area contributed by atoms with Crippen LogP contribution in [0.15, 0.2) is 23.0 Å². The molecule has 0 bridgehead atoms. The lowest BCUT2D eigenvalue weighted by Gasteiger charge is -2.35. The van der Waals surface area contributed by atoms with Crippen molar-refractivity contribution in [2.24, 2.45) is 0 Å². The number of aromatic nitrogens is 2. The summed E-state index contributed by atoms with van der Waals surface area (Å²) in [5.74, 6) is 0.0388. The molecule has 0 radical (unpaired) electrons. The minimum Gasteiger partial charge on any atom is -0.465 e. The number of hydrogen-bond donors (Lipinski definition) is 1. The Morgan fingerprint density at radius 1 is 1.43 bits per heavy atom. The Hall–Kier alpha value is -2.37. The highest BCUT2D eigenvalue weighted by molar-refractivity contribution is 5.93. The first-order valence-corrected chi connectivity index (χ1v) is 8.03. The van der Waals surface area contributed by atoms with E-state index in [1.165, 1.54) is 13.5 Å². The van der Waals surface area contributed by atoms with E-state index in [2.05, 4.69) is 21.8 Å². The maximum absolute atomic E-state index is 12.4. The normalized spacial score (nSPS) is 18.2. The predicted octanol–water partition coefficient (Wildman–Crippen LogP) is 2.48. The van der Waals surface area contributed by atoms with Gasteiger partial charge in [0.25, 0.3) is 5.56 Å². The number of aromatic amines is 1. The molecular formula is C17H21N3O3. The van der Waals surface area contributed by atoms with E-state index >= 15 is 0 Å². The summed E-state index contributed by atoms with van der Waals surface area (Å²) in [5.41, 5.74) is 1.47. The topological polar surface area (TPSA) is 75.3 Å². The molecule has 0 saturated carbocycles. The number of carbonyl (C=O) groups excluding carboxylic acids is 1. The lowest BCUT2D eigenvalue weighted by atomic mass is 10.0. The quantitative estimate of drug-likeness (QED) is 0.881. The van der Waals surface area contributed by atoms with Crippen LogP contribution < -0.4 is 10.5 Å². The summed E-state index contributed by atoms with van der Waals surface area (Å²) in [6.07, 6.45) is 4.32. The van der Waals surface area contributed by atoms with Crippen molar-refractivity contribution >= 4 is 22.8 Å². The first kappa shape index (κ1) is 15.5.